The number of hydrogen-bond acceptors (Lipinski definition) is 9. The number of benzene rings is 1. The van der Waals surface area contributed by atoms with Crippen molar-refractivity contribution in [2.24, 2.45) is 0 Å². The molecule has 1 unspecified atom stereocenters. The predicted molar refractivity (Wildman–Crippen MR) is 137 cm³/mol. The molecule has 1 aromatic heterocycles. The van der Waals surface area contributed by atoms with E-state index in [1.54, 1.807) is 28.4 Å². The van der Waals surface area contributed by atoms with E-state index in [-0.39, 0.29) is 48.8 Å². The standard InChI is InChI=1S/C25H32N2O8S2/c1-32-21-2-4-22(5-3-21)37(30,31)27(7-11-28)10-14-34-24-17-20(19-6-15-36-18-19)16-23(35-24)25(29)26-8-12-33-13-9-26/h2-6,15-16,18,20,24,28H,7-14,17H2,1H3/t20?,24-/m1/s1. The first-order valence-corrected chi connectivity index (χ1v) is 14.4. The molecule has 1 amide bonds. The molecule has 0 spiro atoms. The van der Waals surface area contributed by atoms with Crippen LogP contribution in [0.25, 0.3) is 0 Å². The van der Waals surface area contributed by atoms with E-state index in [0.717, 1.165) is 5.56 Å². The van der Waals surface area contributed by atoms with Crippen LogP contribution in [0.5, 0.6) is 5.75 Å². The second-order valence-corrected chi connectivity index (χ2v) is 11.3. The number of aliphatic hydroxyl groups is 1. The molecule has 37 heavy (non-hydrogen) atoms. The molecule has 0 bridgehead atoms. The van der Waals surface area contributed by atoms with E-state index in [4.69, 9.17) is 18.9 Å². The van der Waals surface area contributed by atoms with Gasteiger partial charge in [-0.1, -0.05) is 0 Å². The number of ether oxygens (including phenoxy) is 4. The Morgan fingerprint density at radius 3 is 2.59 bits per heavy atom. The Kier molecular flexibility index (Phi) is 9.57. The summed E-state index contributed by atoms with van der Waals surface area (Å²) in [5, 5.41) is 13.5. The summed E-state index contributed by atoms with van der Waals surface area (Å²) in [5.41, 5.74) is 1.07. The van der Waals surface area contributed by atoms with Crippen molar-refractivity contribution in [1.29, 1.82) is 0 Å². The molecule has 1 aromatic carbocycles. The zero-order valence-corrected chi connectivity index (χ0v) is 22.3. The summed E-state index contributed by atoms with van der Waals surface area (Å²) >= 11 is 1.57. The predicted octanol–water partition coefficient (Wildman–Crippen LogP) is 2.03. The highest BCUT2D eigenvalue weighted by molar-refractivity contribution is 7.89. The number of morpholine rings is 1. The van der Waals surface area contributed by atoms with Crippen LogP contribution in [-0.4, -0.2) is 94.6 Å². The SMILES string of the molecule is COc1ccc(S(=O)(=O)N(CCO)CCO[C@H]2CC(c3ccsc3)C=C(C(=O)N3CCOCC3)O2)cc1. The lowest BCUT2D eigenvalue weighted by Crippen LogP contribution is -2.43. The van der Waals surface area contributed by atoms with Gasteiger partial charge >= 0.3 is 0 Å². The molecule has 0 saturated carbocycles. The number of aliphatic hydroxyl groups excluding tert-OH is 1. The van der Waals surface area contributed by atoms with E-state index >= 15 is 0 Å². The molecule has 2 atom stereocenters. The molecule has 1 fully saturated rings. The minimum Gasteiger partial charge on any atom is -0.497 e. The number of nitrogens with zero attached hydrogens (tertiary/aromatic N) is 2. The average Bonchev–Trinajstić information content (AvgIpc) is 3.48. The third-order valence-electron chi connectivity index (χ3n) is 6.23. The summed E-state index contributed by atoms with van der Waals surface area (Å²) in [6.07, 6.45) is 1.60. The topological polar surface area (TPSA) is 115 Å². The van der Waals surface area contributed by atoms with Crippen molar-refractivity contribution in [3.8, 4) is 5.75 Å². The fourth-order valence-corrected chi connectivity index (χ4v) is 6.34. The van der Waals surface area contributed by atoms with Gasteiger partial charge in [0, 0.05) is 38.5 Å². The highest BCUT2D eigenvalue weighted by Gasteiger charge is 2.32. The van der Waals surface area contributed by atoms with Gasteiger partial charge in [-0.05, 0) is 52.7 Å². The third-order valence-corrected chi connectivity index (χ3v) is 8.84. The summed E-state index contributed by atoms with van der Waals surface area (Å²) in [6.45, 7) is 1.56. The largest absolute Gasteiger partial charge is 0.497 e. The maximum atomic E-state index is 13.1. The molecule has 2 aliphatic rings. The highest BCUT2D eigenvalue weighted by atomic mass is 32.2. The molecule has 2 aliphatic heterocycles. The third kappa shape index (κ3) is 6.89. The van der Waals surface area contributed by atoms with Crippen LogP contribution in [0.3, 0.4) is 0 Å². The monoisotopic (exact) mass is 552 g/mol. The van der Waals surface area contributed by atoms with Crippen LogP contribution in [-0.2, 0) is 29.0 Å². The zero-order valence-electron chi connectivity index (χ0n) is 20.7. The Balaban J connectivity index is 1.42. The number of sulfonamides is 1. The van der Waals surface area contributed by atoms with Gasteiger partial charge in [0.25, 0.3) is 5.91 Å². The van der Waals surface area contributed by atoms with E-state index in [2.05, 4.69) is 0 Å². The van der Waals surface area contributed by atoms with Crippen LogP contribution >= 0.6 is 11.3 Å². The molecule has 10 nitrogen and oxygen atoms in total. The number of carbonyl (C=O) groups is 1. The molecule has 2 aromatic rings. The lowest BCUT2D eigenvalue weighted by atomic mass is 9.95. The number of amides is 1. The zero-order chi connectivity index (χ0) is 26.3. The quantitative estimate of drug-likeness (QED) is 0.451. The van der Waals surface area contributed by atoms with Gasteiger partial charge < -0.3 is 29.0 Å². The number of allylic oxidation sites excluding steroid dienone is 1. The minimum absolute atomic E-state index is 0.00829. The van der Waals surface area contributed by atoms with Gasteiger partial charge in [0.2, 0.25) is 16.3 Å². The van der Waals surface area contributed by atoms with E-state index in [0.29, 0.717) is 38.5 Å². The van der Waals surface area contributed by atoms with Crippen LogP contribution in [0.15, 0.2) is 57.8 Å². The molecular weight excluding hydrogens is 520 g/mol. The van der Waals surface area contributed by atoms with Gasteiger partial charge in [0.1, 0.15) is 5.75 Å². The van der Waals surface area contributed by atoms with Crippen LogP contribution in [0.1, 0.15) is 17.9 Å². The molecule has 202 valence electrons. The fraction of sp³-hybridized carbons (Fsp3) is 0.480. The first kappa shape index (κ1) is 27.6. The lowest BCUT2D eigenvalue weighted by molar-refractivity contribution is -0.155. The molecular formula is C25H32N2O8S2. The number of methoxy groups -OCH3 is 1. The summed E-state index contributed by atoms with van der Waals surface area (Å²) in [5.74, 6) is 0.496. The average molecular weight is 553 g/mol. The Bertz CT molecular complexity index is 1150. The van der Waals surface area contributed by atoms with Gasteiger partial charge in [-0.15, -0.1) is 0 Å². The molecule has 1 saturated heterocycles. The highest BCUT2D eigenvalue weighted by Crippen LogP contribution is 2.33. The van der Waals surface area contributed by atoms with Gasteiger partial charge in [-0.25, -0.2) is 8.42 Å². The van der Waals surface area contributed by atoms with Crippen molar-refractivity contribution >= 4 is 27.3 Å². The Labute approximate surface area is 221 Å². The van der Waals surface area contributed by atoms with Gasteiger partial charge in [-0.2, -0.15) is 15.6 Å². The normalized spacial score (nSPS) is 20.4. The fourth-order valence-electron chi connectivity index (χ4n) is 4.20. The van der Waals surface area contributed by atoms with Gasteiger partial charge in [-0.3, -0.25) is 4.79 Å². The van der Waals surface area contributed by atoms with Crippen LogP contribution in [0, 0.1) is 0 Å². The molecule has 3 heterocycles. The van der Waals surface area contributed by atoms with Crippen molar-refractivity contribution in [3.63, 3.8) is 0 Å². The van der Waals surface area contributed by atoms with Gasteiger partial charge in [0.05, 0.1) is 38.4 Å². The molecule has 1 N–H and O–H groups in total. The second-order valence-electron chi connectivity index (χ2n) is 8.56. The molecule has 12 heteroatoms. The van der Waals surface area contributed by atoms with Crippen molar-refractivity contribution in [2.45, 2.75) is 23.5 Å². The Morgan fingerprint density at radius 2 is 1.95 bits per heavy atom. The summed E-state index contributed by atoms with van der Waals surface area (Å²) in [4.78, 5) is 14.9. The smallest absolute Gasteiger partial charge is 0.288 e. The van der Waals surface area contributed by atoms with Crippen LogP contribution in [0.2, 0.25) is 0 Å². The second kappa shape index (κ2) is 12.9. The number of rotatable bonds is 11. The van der Waals surface area contributed by atoms with Crippen molar-refractivity contribution in [3.05, 3.63) is 58.5 Å². The number of carbonyl (C=O) groups excluding carboxylic acids is 1. The van der Waals surface area contributed by atoms with Crippen LogP contribution < -0.4 is 4.74 Å². The van der Waals surface area contributed by atoms with Crippen molar-refractivity contribution in [1.82, 2.24) is 9.21 Å². The summed E-state index contributed by atoms with van der Waals surface area (Å²) in [6, 6.07) is 8.07. The molecule has 4 rings (SSSR count). The molecule has 0 aliphatic carbocycles. The molecule has 0 radical (unpaired) electrons. The first-order valence-electron chi connectivity index (χ1n) is 12.1. The lowest BCUT2D eigenvalue weighted by Gasteiger charge is -2.33. The van der Waals surface area contributed by atoms with E-state index < -0.39 is 16.3 Å². The van der Waals surface area contributed by atoms with Crippen molar-refractivity contribution < 1.29 is 37.3 Å². The van der Waals surface area contributed by atoms with Crippen molar-refractivity contribution in [2.75, 3.05) is 59.7 Å². The summed E-state index contributed by atoms with van der Waals surface area (Å²) in [7, 11) is -2.36. The Morgan fingerprint density at radius 1 is 1.19 bits per heavy atom. The summed E-state index contributed by atoms with van der Waals surface area (Å²) < 4.78 is 49.8. The number of hydrogen-bond donors (Lipinski definition) is 1. The maximum Gasteiger partial charge on any atom is 0.288 e. The van der Waals surface area contributed by atoms with Crippen LogP contribution in [0.4, 0.5) is 0 Å². The van der Waals surface area contributed by atoms with E-state index in [9.17, 15) is 18.3 Å². The number of thiophene rings is 1. The minimum atomic E-state index is -3.86. The van der Waals surface area contributed by atoms with E-state index in [1.165, 1.54) is 23.5 Å². The first-order chi connectivity index (χ1) is 17.9. The van der Waals surface area contributed by atoms with E-state index in [1.807, 2.05) is 22.9 Å². The Hall–Kier alpha value is -2.48. The van der Waals surface area contributed by atoms with Gasteiger partial charge in [0.15, 0.2) is 5.76 Å². The maximum absolute atomic E-state index is 13.1.